The summed E-state index contributed by atoms with van der Waals surface area (Å²) in [6.45, 7) is 1.72. The summed E-state index contributed by atoms with van der Waals surface area (Å²) in [6, 6.07) is 0. The van der Waals surface area contributed by atoms with Gasteiger partial charge < -0.3 is 16.8 Å². The first kappa shape index (κ1) is 16.2. The second kappa shape index (κ2) is 11.2. The average molecular weight is 149 g/mol. The molecule has 0 aliphatic carbocycles. The number of carbonyl (C=O) groups excluding carboxylic acids is 1. The van der Waals surface area contributed by atoms with Gasteiger partial charge in [-0.2, -0.15) is 0 Å². The summed E-state index contributed by atoms with van der Waals surface area (Å²) in [5, 5.41) is 0. The van der Waals surface area contributed by atoms with Gasteiger partial charge in [0.2, 0.25) is 5.91 Å². The third-order valence-corrected chi connectivity index (χ3v) is 0.348. The van der Waals surface area contributed by atoms with E-state index in [0.717, 1.165) is 0 Å². The number of rotatable bonds is 1. The topological polar surface area (TPSA) is 81.3 Å². The lowest BCUT2D eigenvalue weighted by atomic mass is 10.5. The molecule has 0 heterocycles. The lowest BCUT2D eigenvalue weighted by Crippen LogP contribution is -2.06. The van der Waals surface area contributed by atoms with Gasteiger partial charge in [0.15, 0.2) is 0 Å². The fourth-order valence-corrected chi connectivity index (χ4v) is 0. The maximum Gasteiger partial charge on any atom is 0.217 e. The quantitative estimate of drug-likeness (QED) is 0.559. The van der Waals surface area contributed by atoms with Crippen molar-refractivity contribution < 1.29 is 4.79 Å². The Morgan fingerprint density at radius 2 is 1.50 bits per heavy atom. The largest absolute Gasteiger partial charge is 0.370 e. The Morgan fingerprint density at radius 3 is 1.50 bits per heavy atom. The van der Waals surface area contributed by atoms with Gasteiger partial charge in [-0.05, 0) is 21.1 Å². The van der Waals surface area contributed by atoms with E-state index < -0.39 is 0 Å². The van der Waals surface area contributed by atoms with Gasteiger partial charge in [-0.15, -0.1) is 0 Å². The molecule has 0 aliphatic heterocycles. The van der Waals surface area contributed by atoms with E-state index in [1.165, 1.54) is 0 Å². The first-order valence-electron chi connectivity index (χ1n) is 2.90. The molecule has 0 saturated heterocycles. The van der Waals surface area contributed by atoms with Crippen molar-refractivity contribution in [3.63, 3.8) is 0 Å². The third-order valence-electron chi connectivity index (χ3n) is 0.348. The number of amides is 1. The zero-order valence-electron chi connectivity index (χ0n) is 7.35. The standard InChI is InChI=1S/C3H7NO.C3H9N.H3N/c1-2-3(4)5;1-4(2)3;/h2H2,1H3,(H2,4,5);1-3H3;1H3. The highest BCUT2D eigenvalue weighted by Crippen LogP contribution is 1.63. The van der Waals surface area contributed by atoms with E-state index in [0.29, 0.717) is 6.42 Å². The predicted molar refractivity (Wildman–Crippen MR) is 44.1 cm³/mol. The van der Waals surface area contributed by atoms with Gasteiger partial charge in [0.05, 0.1) is 0 Å². The highest BCUT2D eigenvalue weighted by atomic mass is 16.1. The summed E-state index contributed by atoms with van der Waals surface area (Å²) in [7, 11) is 6.00. The van der Waals surface area contributed by atoms with Crippen LogP contribution in [0.4, 0.5) is 0 Å². The summed E-state index contributed by atoms with van der Waals surface area (Å²) in [5.41, 5.74) is 4.65. The lowest BCUT2D eigenvalue weighted by molar-refractivity contribution is -0.117. The Hall–Kier alpha value is -0.610. The molecule has 0 aromatic heterocycles. The van der Waals surface area contributed by atoms with Crippen LogP contribution in [-0.4, -0.2) is 32.0 Å². The van der Waals surface area contributed by atoms with Crippen LogP contribution < -0.4 is 11.9 Å². The van der Waals surface area contributed by atoms with Crippen LogP contribution >= 0.6 is 0 Å². The van der Waals surface area contributed by atoms with Crippen LogP contribution in [0, 0.1) is 0 Å². The molecule has 0 rings (SSSR count). The normalized spacial score (nSPS) is 7.30. The highest BCUT2D eigenvalue weighted by Gasteiger charge is 1.77. The van der Waals surface area contributed by atoms with Gasteiger partial charge in [-0.1, -0.05) is 6.92 Å². The third kappa shape index (κ3) is 156. The number of hydrogen-bond acceptors (Lipinski definition) is 3. The number of nitrogens with zero attached hydrogens (tertiary/aromatic N) is 1. The zero-order valence-corrected chi connectivity index (χ0v) is 7.35. The molecule has 0 unspecified atom stereocenters. The highest BCUT2D eigenvalue weighted by molar-refractivity contribution is 5.73. The maximum absolute atomic E-state index is 9.59. The number of nitrogens with two attached hydrogens (primary N) is 1. The van der Waals surface area contributed by atoms with Crippen LogP contribution in [0.3, 0.4) is 0 Å². The van der Waals surface area contributed by atoms with E-state index in [1.807, 2.05) is 26.0 Å². The van der Waals surface area contributed by atoms with Crippen molar-refractivity contribution in [3.8, 4) is 0 Å². The van der Waals surface area contributed by atoms with Crippen LogP contribution in [0.5, 0.6) is 0 Å². The molecule has 0 atom stereocenters. The second-order valence-electron chi connectivity index (χ2n) is 2.16. The molecule has 0 aromatic rings. The fourth-order valence-electron chi connectivity index (χ4n) is 0. The molecule has 0 fully saturated rings. The van der Waals surface area contributed by atoms with Crippen LogP contribution in [0.2, 0.25) is 0 Å². The summed E-state index contributed by atoms with van der Waals surface area (Å²) >= 11 is 0. The van der Waals surface area contributed by atoms with E-state index >= 15 is 0 Å². The lowest BCUT2D eigenvalue weighted by Gasteiger charge is -1.90. The maximum atomic E-state index is 9.59. The number of primary amides is 1. The molecule has 0 radical (unpaired) electrons. The Balaban J connectivity index is -0.0000000910. The predicted octanol–water partition coefficient (Wildman–Crippen LogP) is 0.222. The minimum absolute atomic E-state index is 0. The molecule has 4 nitrogen and oxygen atoms in total. The summed E-state index contributed by atoms with van der Waals surface area (Å²) < 4.78 is 0. The minimum atomic E-state index is -0.245. The fraction of sp³-hybridized carbons (Fsp3) is 0.833. The van der Waals surface area contributed by atoms with Crippen LogP contribution in [-0.2, 0) is 4.79 Å². The van der Waals surface area contributed by atoms with E-state index in [4.69, 9.17) is 0 Å². The molecule has 0 aliphatic rings. The molecule has 1 amide bonds. The van der Waals surface area contributed by atoms with E-state index in [9.17, 15) is 4.79 Å². The van der Waals surface area contributed by atoms with E-state index in [2.05, 4.69) is 5.73 Å². The zero-order chi connectivity index (χ0) is 7.86. The van der Waals surface area contributed by atoms with Gasteiger partial charge in [-0.25, -0.2) is 0 Å². The van der Waals surface area contributed by atoms with Gasteiger partial charge in [0, 0.05) is 6.42 Å². The SMILES string of the molecule is CCC(N)=O.CN(C)C.N. The molecule has 0 aromatic carbocycles. The Bertz CT molecular complexity index is 70.6. The van der Waals surface area contributed by atoms with Gasteiger partial charge in [-0.3, -0.25) is 4.79 Å². The summed E-state index contributed by atoms with van der Waals surface area (Å²) in [6.07, 6.45) is 0.444. The van der Waals surface area contributed by atoms with Gasteiger partial charge >= 0.3 is 0 Å². The van der Waals surface area contributed by atoms with Gasteiger partial charge in [0.25, 0.3) is 0 Å². The number of carbonyl (C=O) groups is 1. The molecule has 5 N–H and O–H groups in total. The molecule has 0 saturated carbocycles. The van der Waals surface area contributed by atoms with Crippen molar-refractivity contribution >= 4 is 5.91 Å². The average Bonchev–Trinajstić information content (AvgIpc) is 1.65. The molecule has 64 valence electrons. The molecule has 10 heavy (non-hydrogen) atoms. The molecule has 0 spiro atoms. The second-order valence-corrected chi connectivity index (χ2v) is 2.16. The van der Waals surface area contributed by atoms with Crippen molar-refractivity contribution in [3.05, 3.63) is 0 Å². The van der Waals surface area contributed by atoms with Crippen molar-refractivity contribution in [1.29, 1.82) is 0 Å². The minimum Gasteiger partial charge on any atom is -0.370 e. The van der Waals surface area contributed by atoms with Gasteiger partial charge in [0.1, 0.15) is 0 Å². The molecular formula is C6H19N3O. The van der Waals surface area contributed by atoms with E-state index in [1.54, 1.807) is 6.92 Å². The van der Waals surface area contributed by atoms with Crippen LogP contribution in [0.1, 0.15) is 13.3 Å². The van der Waals surface area contributed by atoms with Crippen molar-refractivity contribution in [2.24, 2.45) is 5.73 Å². The Morgan fingerprint density at radius 1 is 1.40 bits per heavy atom. The summed E-state index contributed by atoms with van der Waals surface area (Å²) in [5.74, 6) is -0.245. The summed E-state index contributed by atoms with van der Waals surface area (Å²) in [4.78, 5) is 11.6. The van der Waals surface area contributed by atoms with Crippen molar-refractivity contribution in [2.75, 3.05) is 21.1 Å². The van der Waals surface area contributed by atoms with E-state index in [-0.39, 0.29) is 12.1 Å². The first-order valence-corrected chi connectivity index (χ1v) is 2.90. The van der Waals surface area contributed by atoms with Crippen molar-refractivity contribution in [2.45, 2.75) is 13.3 Å². The molecular weight excluding hydrogens is 130 g/mol. The molecule has 4 heteroatoms. The van der Waals surface area contributed by atoms with Crippen molar-refractivity contribution in [1.82, 2.24) is 11.1 Å². The smallest absolute Gasteiger partial charge is 0.217 e. The first-order chi connectivity index (χ1) is 4.00. The Kier molecular flexibility index (Phi) is 18.2. The Labute approximate surface area is 63.0 Å². The van der Waals surface area contributed by atoms with Crippen LogP contribution in [0.25, 0.3) is 0 Å². The number of hydrogen-bond donors (Lipinski definition) is 2. The van der Waals surface area contributed by atoms with Crippen LogP contribution in [0.15, 0.2) is 0 Å². The molecule has 0 bridgehead atoms. The monoisotopic (exact) mass is 149 g/mol.